The van der Waals surface area contributed by atoms with E-state index in [4.69, 9.17) is 14.3 Å². The standard InChI is InChI=1S/C20H23N3O5/c1-3-21-20(25)23-19(24)14-28-22-12-16-9-10-17(18(11-16)26-2)27-13-15-7-5-4-6-8-15/h4-12H,3,13-14H2,1-2H3,(H2,21,23,24,25)/b22-12-. The van der Waals surface area contributed by atoms with Crippen molar-refractivity contribution >= 4 is 18.2 Å². The molecule has 0 saturated heterocycles. The molecule has 0 unspecified atom stereocenters. The molecule has 0 fully saturated rings. The van der Waals surface area contributed by atoms with E-state index in [0.717, 1.165) is 5.56 Å². The summed E-state index contributed by atoms with van der Waals surface area (Å²) in [4.78, 5) is 27.6. The third-order valence-corrected chi connectivity index (χ3v) is 3.49. The third-order valence-electron chi connectivity index (χ3n) is 3.49. The van der Waals surface area contributed by atoms with E-state index in [9.17, 15) is 9.59 Å². The molecule has 2 aromatic rings. The normalized spacial score (nSPS) is 10.4. The molecule has 0 heterocycles. The Bertz CT molecular complexity index is 809. The number of nitrogens with one attached hydrogen (secondary N) is 2. The molecule has 3 amide bonds. The molecule has 28 heavy (non-hydrogen) atoms. The molecule has 0 atom stereocenters. The number of carbonyl (C=O) groups excluding carboxylic acids is 2. The highest BCUT2D eigenvalue weighted by molar-refractivity contribution is 5.94. The Morgan fingerprint density at radius 3 is 2.61 bits per heavy atom. The zero-order chi connectivity index (χ0) is 20.2. The molecule has 8 heteroatoms. The van der Waals surface area contributed by atoms with Crippen LogP contribution in [0.15, 0.2) is 53.7 Å². The lowest BCUT2D eigenvalue weighted by Crippen LogP contribution is -2.40. The summed E-state index contributed by atoms with van der Waals surface area (Å²) in [7, 11) is 1.55. The number of amides is 3. The SMILES string of the molecule is CCNC(=O)NC(=O)CO/N=C\c1ccc(OCc2ccccc2)c(OC)c1. The lowest BCUT2D eigenvalue weighted by Gasteiger charge is -2.11. The summed E-state index contributed by atoms with van der Waals surface area (Å²) in [5.74, 6) is 0.560. The van der Waals surface area contributed by atoms with Crippen LogP contribution in [0.2, 0.25) is 0 Å². The summed E-state index contributed by atoms with van der Waals surface area (Å²) < 4.78 is 11.1. The average molecular weight is 385 g/mol. The Morgan fingerprint density at radius 2 is 1.89 bits per heavy atom. The Hall–Kier alpha value is -3.55. The summed E-state index contributed by atoms with van der Waals surface area (Å²) in [5.41, 5.74) is 1.75. The molecule has 0 bridgehead atoms. The summed E-state index contributed by atoms with van der Waals surface area (Å²) in [6.45, 7) is 2.22. The minimum absolute atomic E-state index is 0.372. The largest absolute Gasteiger partial charge is 0.493 e. The molecule has 148 valence electrons. The van der Waals surface area contributed by atoms with Crippen LogP contribution in [0.3, 0.4) is 0 Å². The topological polar surface area (TPSA) is 98.3 Å². The van der Waals surface area contributed by atoms with Gasteiger partial charge < -0.3 is 19.6 Å². The molecule has 0 saturated carbocycles. The number of hydrogen-bond donors (Lipinski definition) is 2. The second kappa shape index (κ2) is 11.2. The van der Waals surface area contributed by atoms with Gasteiger partial charge in [-0.15, -0.1) is 0 Å². The van der Waals surface area contributed by atoms with E-state index in [-0.39, 0.29) is 6.61 Å². The van der Waals surface area contributed by atoms with Crippen LogP contribution in [0.4, 0.5) is 4.79 Å². The van der Waals surface area contributed by atoms with E-state index in [1.165, 1.54) is 6.21 Å². The highest BCUT2D eigenvalue weighted by Crippen LogP contribution is 2.28. The highest BCUT2D eigenvalue weighted by Gasteiger charge is 2.07. The number of rotatable bonds is 9. The number of methoxy groups -OCH3 is 1. The van der Waals surface area contributed by atoms with Gasteiger partial charge in [-0.05, 0) is 30.7 Å². The van der Waals surface area contributed by atoms with Crippen molar-refractivity contribution < 1.29 is 23.9 Å². The van der Waals surface area contributed by atoms with Crippen LogP contribution in [0, 0.1) is 0 Å². The molecule has 8 nitrogen and oxygen atoms in total. The number of ether oxygens (including phenoxy) is 2. The van der Waals surface area contributed by atoms with Gasteiger partial charge in [0.2, 0.25) is 0 Å². The molecule has 2 N–H and O–H groups in total. The van der Waals surface area contributed by atoms with Crippen LogP contribution in [0.5, 0.6) is 11.5 Å². The van der Waals surface area contributed by atoms with Crippen molar-refractivity contribution in [3.8, 4) is 11.5 Å². The van der Waals surface area contributed by atoms with Gasteiger partial charge in [0.15, 0.2) is 18.1 Å². The van der Waals surface area contributed by atoms with Crippen LogP contribution in [0.1, 0.15) is 18.1 Å². The molecule has 0 aliphatic heterocycles. The van der Waals surface area contributed by atoms with Gasteiger partial charge in [-0.1, -0.05) is 35.5 Å². The van der Waals surface area contributed by atoms with Gasteiger partial charge in [0.1, 0.15) is 6.61 Å². The Kier molecular flexibility index (Phi) is 8.32. The third kappa shape index (κ3) is 6.99. The fraction of sp³-hybridized carbons (Fsp3) is 0.250. The van der Waals surface area contributed by atoms with Gasteiger partial charge in [-0.2, -0.15) is 0 Å². The first-order valence-electron chi connectivity index (χ1n) is 8.70. The number of urea groups is 1. The minimum Gasteiger partial charge on any atom is -0.493 e. The van der Waals surface area contributed by atoms with Crippen molar-refractivity contribution in [2.75, 3.05) is 20.3 Å². The van der Waals surface area contributed by atoms with E-state index >= 15 is 0 Å². The van der Waals surface area contributed by atoms with Crippen molar-refractivity contribution in [1.82, 2.24) is 10.6 Å². The minimum atomic E-state index is -0.592. The van der Waals surface area contributed by atoms with Crippen LogP contribution in [-0.2, 0) is 16.2 Å². The molecular weight excluding hydrogens is 362 g/mol. The molecule has 0 aromatic heterocycles. The Labute approximate surface area is 163 Å². The van der Waals surface area contributed by atoms with Crippen molar-refractivity contribution in [2.45, 2.75) is 13.5 Å². The van der Waals surface area contributed by atoms with E-state index in [1.54, 1.807) is 32.2 Å². The van der Waals surface area contributed by atoms with Gasteiger partial charge in [-0.25, -0.2) is 4.79 Å². The summed E-state index contributed by atoms with van der Waals surface area (Å²) in [5, 5.41) is 8.27. The first-order chi connectivity index (χ1) is 13.6. The second-order valence-corrected chi connectivity index (χ2v) is 5.60. The predicted octanol–water partition coefficient (Wildman–Crippen LogP) is 2.47. The number of oxime groups is 1. The maximum atomic E-state index is 11.5. The second-order valence-electron chi connectivity index (χ2n) is 5.60. The summed E-state index contributed by atoms with van der Waals surface area (Å²) >= 11 is 0. The summed E-state index contributed by atoms with van der Waals surface area (Å²) in [6.07, 6.45) is 1.43. The molecular formula is C20H23N3O5. The molecule has 0 aliphatic rings. The lowest BCUT2D eigenvalue weighted by atomic mass is 10.2. The van der Waals surface area contributed by atoms with Crippen LogP contribution in [-0.4, -0.2) is 38.4 Å². The maximum Gasteiger partial charge on any atom is 0.321 e. The average Bonchev–Trinajstić information content (AvgIpc) is 2.71. The van der Waals surface area contributed by atoms with Crippen LogP contribution >= 0.6 is 0 Å². The van der Waals surface area contributed by atoms with E-state index < -0.39 is 11.9 Å². The lowest BCUT2D eigenvalue weighted by molar-refractivity contribution is -0.124. The molecule has 0 spiro atoms. The van der Waals surface area contributed by atoms with Crippen molar-refractivity contribution in [3.63, 3.8) is 0 Å². The Balaban J connectivity index is 1.86. The number of benzene rings is 2. The molecule has 2 aromatic carbocycles. The van der Waals surface area contributed by atoms with Crippen LogP contribution < -0.4 is 20.1 Å². The first kappa shape index (κ1) is 20.8. The fourth-order valence-electron chi connectivity index (χ4n) is 2.18. The molecule has 2 rings (SSSR count). The van der Waals surface area contributed by atoms with E-state index in [2.05, 4.69) is 15.8 Å². The number of carbonyl (C=O) groups is 2. The fourth-order valence-corrected chi connectivity index (χ4v) is 2.18. The number of imide groups is 1. The van der Waals surface area contributed by atoms with Gasteiger partial charge >= 0.3 is 6.03 Å². The number of hydrogen-bond acceptors (Lipinski definition) is 6. The van der Waals surface area contributed by atoms with Gasteiger partial charge in [-0.3, -0.25) is 10.1 Å². The van der Waals surface area contributed by atoms with Crippen LogP contribution in [0.25, 0.3) is 0 Å². The number of nitrogens with zero attached hydrogens (tertiary/aromatic N) is 1. The molecule has 0 aliphatic carbocycles. The zero-order valence-electron chi connectivity index (χ0n) is 15.8. The molecule has 0 radical (unpaired) electrons. The van der Waals surface area contributed by atoms with Gasteiger partial charge in [0.25, 0.3) is 5.91 Å². The van der Waals surface area contributed by atoms with Crippen molar-refractivity contribution in [3.05, 3.63) is 59.7 Å². The smallest absolute Gasteiger partial charge is 0.321 e. The van der Waals surface area contributed by atoms with Gasteiger partial charge in [0, 0.05) is 12.1 Å². The maximum absolute atomic E-state index is 11.5. The summed E-state index contributed by atoms with van der Waals surface area (Å²) in [6, 6.07) is 14.5. The predicted molar refractivity (Wildman–Crippen MR) is 105 cm³/mol. The zero-order valence-corrected chi connectivity index (χ0v) is 15.8. The monoisotopic (exact) mass is 385 g/mol. The highest BCUT2D eigenvalue weighted by atomic mass is 16.6. The van der Waals surface area contributed by atoms with Crippen molar-refractivity contribution in [2.24, 2.45) is 5.16 Å². The quantitative estimate of drug-likeness (QED) is 0.510. The van der Waals surface area contributed by atoms with Gasteiger partial charge in [0.05, 0.1) is 13.3 Å². The Morgan fingerprint density at radius 1 is 1.11 bits per heavy atom. The van der Waals surface area contributed by atoms with Crippen molar-refractivity contribution in [1.29, 1.82) is 0 Å². The van der Waals surface area contributed by atoms with E-state index in [1.807, 2.05) is 30.3 Å². The first-order valence-corrected chi connectivity index (χ1v) is 8.70. The van der Waals surface area contributed by atoms with E-state index in [0.29, 0.717) is 30.2 Å².